The first-order chi connectivity index (χ1) is 16.3. The monoisotopic (exact) mass is 464 g/mol. The van der Waals surface area contributed by atoms with Crippen molar-refractivity contribution >= 4 is 18.0 Å². The number of carboxylic acid groups (broad SMARTS) is 1. The van der Waals surface area contributed by atoms with Gasteiger partial charge in [-0.05, 0) is 47.4 Å². The third-order valence-electron chi connectivity index (χ3n) is 6.94. The summed E-state index contributed by atoms with van der Waals surface area (Å²) in [6.45, 7) is 3.77. The number of carbonyl (C=O) groups is 3. The zero-order chi connectivity index (χ0) is 24.2. The first kappa shape index (κ1) is 23.8. The fourth-order valence-corrected chi connectivity index (χ4v) is 5.15. The van der Waals surface area contributed by atoms with Gasteiger partial charge in [0.1, 0.15) is 12.6 Å². The average molecular weight is 465 g/mol. The number of aliphatic carboxylic acids is 1. The summed E-state index contributed by atoms with van der Waals surface area (Å²) in [5.41, 5.74) is 4.66. The van der Waals surface area contributed by atoms with E-state index in [4.69, 9.17) is 4.74 Å². The number of fused-ring (bicyclic) bond motifs is 3. The highest BCUT2D eigenvalue weighted by Gasteiger charge is 2.33. The van der Waals surface area contributed by atoms with Gasteiger partial charge in [-0.2, -0.15) is 0 Å². The number of hydrogen-bond acceptors (Lipinski definition) is 4. The molecule has 0 spiro atoms. The third kappa shape index (κ3) is 5.08. The van der Waals surface area contributed by atoms with Crippen molar-refractivity contribution in [3.05, 3.63) is 59.7 Å². The maximum Gasteiger partial charge on any atom is 0.407 e. The minimum Gasteiger partial charge on any atom is -0.480 e. The molecule has 2 aliphatic carbocycles. The van der Waals surface area contributed by atoms with E-state index in [0.29, 0.717) is 12.8 Å². The minimum absolute atomic E-state index is 0.00739. The molecule has 7 nitrogen and oxygen atoms in total. The normalized spacial score (nSPS) is 20.2. The lowest BCUT2D eigenvalue weighted by molar-refractivity contribution is -0.144. The lowest BCUT2D eigenvalue weighted by Crippen LogP contribution is -2.49. The van der Waals surface area contributed by atoms with Crippen molar-refractivity contribution in [1.29, 1.82) is 0 Å². The number of amides is 2. The molecule has 34 heavy (non-hydrogen) atoms. The van der Waals surface area contributed by atoms with Crippen LogP contribution in [0.5, 0.6) is 0 Å². The van der Waals surface area contributed by atoms with Crippen LogP contribution in [0.3, 0.4) is 0 Å². The zero-order valence-corrected chi connectivity index (χ0v) is 19.6. The Balaban J connectivity index is 1.32. The number of rotatable bonds is 7. The topological polar surface area (TPSA) is 105 Å². The van der Waals surface area contributed by atoms with Gasteiger partial charge in [-0.1, -0.05) is 68.8 Å². The second kappa shape index (κ2) is 10.3. The van der Waals surface area contributed by atoms with E-state index >= 15 is 0 Å². The highest BCUT2D eigenvalue weighted by atomic mass is 16.5. The third-order valence-corrected chi connectivity index (χ3v) is 6.94. The summed E-state index contributed by atoms with van der Waals surface area (Å²) in [5, 5.41) is 14.9. The van der Waals surface area contributed by atoms with Gasteiger partial charge in [0.15, 0.2) is 0 Å². The molecule has 0 heterocycles. The number of alkyl carbamates (subject to hydrolysis) is 1. The number of nitrogens with one attached hydrogen (secondary N) is 2. The highest BCUT2D eigenvalue weighted by Crippen LogP contribution is 2.44. The Kier molecular flexibility index (Phi) is 7.20. The minimum atomic E-state index is -1.03. The molecule has 3 N–H and O–H groups in total. The molecule has 2 aromatic carbocycles. The Labute approximate surface area is 199 Å². The van der Waals surface area contributed by atoms with Gasteiger partial charge < -0.3 is 20.5 Å². The fraction of sp³-hybridized carbons (Fsp3) is 0.444. The van der Waals surface area contributed by atoms with Gasteiger partial charge in [0.2, 0.25) is 5.91 Å². The fourth-order valence-electron chi connectivity index (χ4n) is 5.15. The van der Waals surface area contributed by atoms with E-state index in [1.807, 2.05) is 24.3 Å². The van der Waals surface area contributed by atoms with Crippen molar-refractivity contribution in [3.8, 4) is 11.1 Å². The second-order valence-corrected chi connectivity index (χ2v) is 9.60. The Morgan fingerprint density at radius 2 is 1.62 bits per heavy atom. The van der Waals surface area contributed by atoms with E-state index in [0.717, 1.165) is 24.0 Å². The van der Waals surface area contributed by atoms with Gasteiger partial charge in [0.05, 0.1) is 0 Å². The second-order valence-electron chi connectivity index (χ2n) is 9.60. The Bertz CT molecular complexity index is 1020. The predicted octanol–water partition coefficient (Wildman–Crippen LogP) is 4.31. The van der Waals surface area contributed by atoms with Gasteiger partial charge in [0.25, 0.3) is 0 Å². The van der Waals surface area contributed by atoms with Crippen molar-refractivity contribution in [2.45, 2.75) is 57.5 Å². The lowest BCUT2D eigenvalue weighted by Gasteiger charge is -2.30. The Morgan fingerprint density at radius 3 is 2.21 bits per heavy atom. The van der Waals surface area contributed by atoms with Crippen molar-refractivity contribution in [3.63, 3.8) is 0 Å². The molecule has 0 saturated heterocycles. The van der Waals surface area contributed by atoms with Gasteiger partial charge >= 0.3 is 12.1 Å². The van der Waals surface area contributed by atoms with Crippen molar-refractivity contribution in [1.82, 2.24) is 10.6 Å². The Morgan fingerprint density at radius 1 is 1.00 bits per heavy atom. The first-order valence-corrected chi connectivity index (χ1v) is 12.0. The van der Waals surface area contributed by atoms with Crippen molar-refractivity contribution in [2.75, 3.05) is 6.61 Å². The van der Waals surface area contributed by atoms with Crippen LogP contribution in [-0.2, 0) is 14.3 Å². The number of ether oxygens (including phenoxy) is 1. The summed E-state index contributed by atoms with van der Waals surface area (Å²) in [7, 11) is 0. The molecule has 2 aliphatic rings. The summed E-state index contributed by atoms with van der Waals surface area (Å²) in [6.07, 6.45) is 2.21. The SMILES string of the molecule is CC(C)[C@@H](NC(=O)[C@H]1CCC[C@@H](NC(=O)OCC2c3ccccc3-c3ccccc32)C1)C(=O)O. The molecular weight excluding hydrogens is 432 g/mol. The summed E-state index contributed by atoms with van der Waals surface area (Å²) >= 11 is 0. The lowest BCUT2D eigenvalue weighted by atomic mass is 9.85. The maximum atomic E-state index is 12.7. The van der Waals surface area contributed by atoms with Crippen molar-refractivity contribution < 1.29 is 24.2 Å². The number of hydrogen-bond donors (Lipinski definition) is 3. The van der Waals surface area contributed by atoms with Gasteiger partial charge in [0, 0.05) is 17.9 Å². The largest absolute Gasteiger partial charge is 0.480 e. The molecule has 180 valence electrons. The van der Waals surface area contributed by atoms with Crippen LogP contribution in [0.25, 0.3) is 11.1 Å². The van der Waals surface area contributed by atoms with Crippen LogP contribution in [0.1, 0.15) is 56.6 Å². The van der Waals surface area contributed by atoms with Gasteiger partial charge in [-0.25, -0.2) is 9.59 Å². The van der Waals surface area contributed by atoms with E-state index in [1.54, 1.807) is 13.8 Å². The first-order valence-electron chi connectivity index (χ1n) is 12.0. The molecule has 2 aromatic rings. The summed E-state index contributed by atoms with van der Waals surface area (Å²) in [4.78, 5) is 36.7. The van der Waals surface area contributed by atoms with E-state index in [9.17, 15) is 19.5 Å². The van der Waals surface area contributed by atoms with Gasteiger partial charge in [-0.15, -0.1) is 0 Å². The number of carbonyl (C=O) groups excluding carboxylic acids is 2. The van der Waals surface area contributed by atoms with Crippen LogP contribution in [0, 0.1) is 11.8 Å². The van der Waals surface area contributed by atoms with E-state index in [2.05, 4.69) is 34.9 Å². The average Bonchev–Trinajstić information content (AvgIpc) is 3.14. The van der Waals surface area contributed by atoms with Crippen LogP contribution in [0.15, 0.2) is 48.5 Å². The molecule has 0 bridgehead atoms. The van der Waals surface area contributed by atoms with E-state index in [-0.39, 0.29) is 36.3 Å². The molecule has 4 rings (SSSR count). The molecule has 0 aromatic heterocycles. The molecule has 0 aliphatic heterocycles. The highest BCUT2D eigenvalue weighted by molar-refractivity contribution is 5.85. The standard InChI is InChI=1S/C27H32N2O5/c1-16(2)24(26(31)32)29-25(30)17-8-7-9-18(14-17)28-27(33)34-15-23-21-12-5-3-10-19(21)20-11-4-6-13-22(20)23/h3-6,10-13,16-18,23-24H,7-9,14-15H2,1-2H3,(H,28,33)(H,29,30)(H,31,32)/t17-,18+,24+/m0/s1. The van der Waals surface area contributed by atoms with E-state index < -0.39 is 18.1 Å². The van der Waals surface area contributed by atoms with Crippen LogP contribution >= 0.6 is 0 Å². The molecule has 3 atom stereocenters. The van der Waals surface area contributed by atoms with Crippen molar-refractivity contribution in [2.24, 2.45) is 11.8 Å². The molecule has 2 amide bonds. The van der Waals surface area contributed by atoms with Crippen LogP contribution in [0.2, 0.25) is 0 Å². The summed E-state index contributed by atoms with van der Waals surface area (Å²) < 4.78 is 5.64. The Hall–Kier alpha value is -3.35. The molecule has 1 saturated carbocycles. The number of benzene rings is 2. The zero-order valence-electron chi connectivity index (χ0n) is 19.6. The molecule has 0 unspecified atom stereocenters. The van der Waals surface area contributed by atoms with Crippen LogP contribution < -0.4 is 10.6 Å². The predicted molar refractivity (Wildman–Crippen MR) is 128 cm³/mol. The van der Waals surface area contributed by atoms with Gasteiger partial charge in [-0.3, -0.25) is 4.79 Å². The van der Waals surface area contributed by atoms with E-state index in [1.165, 1.54) is 11.1 Å². The van der Waals surface area contributed by atoms with Crippen LogP contribution in [-0.4, -0.2) is 41.8 Å². The number of carboxylic acids is 1. The molecule has 7 heteroatoms. The molecule has 1 fully saturated rings. The molecular formula is C27H32N2O5. The summed E-state index contributed by atoms with van der Waals surface area (Å²) in [6, 6.07) is 15.3. The quantitative estimate of drug-likeness (QED) is 0.566. The smallest absolute Gasteiger partial charge is 0.407 e. The summed E-state index contributed by atoms with van der Waals surface area (Å²) in [5.74, 6) is -1.84. The molecule has 0 radical (unpaired) electrons. The van der Waals surface area contributed by atoms with Crippen LogP contribution in [0.4, 0.5) is 4.79 Å². The maximum absolute atomic E-state index is 12.7.